The van der Waals surface area contributed by atoms with Crippen LogP contribution < -0.4 is 0 Å². The van der Waals surface area contributed by atoms with E-state index < -0.39 is 0 Å². The van der Waals surface area contributed by atoms with Gasteiger partial charge < -0.3 is 25.2 Å². The molecule has 4 N–H and O–H groups in total. The van der Waals surface area contributed by atoms with Crippen LogP contribution in [0.5, 0.6) is 23.0 Å². The summed E-state index contributed by atoms with van der Waals surface area (Å²) in [4.78, 5) is 0. The third-order valence-corrected chi connectivity index (χ3v) is 3.38. The number of epoxide rings is 1. The molecule has 2 aromatic carbocycles. The smallest absolute Gasteiger partial charge is 0.161 e. The minimum Gasteiger partial charge on any atom is -0.508 e. The van der Waals surface area contributed by atoms with Gasteiger partial charge in [-0.2, -0.15) is 0 Å². The Hall–Kier alpha value is -2.40. The zero-order valence-corrected chi connectivity index (χ0v) is 10.5. The molecule has 5 heteroatoms. The predicted octanol–water partition coefficient (Wildman–Crippen LogP) is 2.19. The van der Waals surface area contributed by atoms with Crippen molar-refractivity contribution < 1.29 is 25.2 Å². The molecule has 3 rings (SSSR count). The fourth-order valence-corrected chi connectivity index (χ4v) is 2.29. The summed E-state index contributed by atoms with van der Waals surface area (Å²) in [5.41, 5.74) is 1.38. The minimum atomic E-state index is -0.346. The number of ether oxygens (including phenoxy) is 1. The first-order chi connectivity index (χ1) is 9.54. The molecule has 0 amide bonds. The van der Waals surface area contributed by atoms with Crippen molar-refractivity contribution >= 4 is 0 Å². The molecule has 0 saturated carbocycles. The van der Waals surface area contributed by atoms with E-state index in [9.17, 15) is 20.4 Å². The normalized spacial score (nSPS) is 20.8. The maximum absolute atomic E-state index is 9.74. The Bertz CT molecular complexity index is 635. The standard InChI is InChI=1S/C15H14O5/c16-10-3-1-8(2-4-10)15-13(20-15)6-9-5-11(17)7-12(18)14(9)19/h1-5,7,13,15-19H,6H2/t13-,15-/m1/s1. The van der Waals surface area contributed by atoms with E-state index >= 15 is 0 Å². The van der Waals surface area contributed by atoms with Crippen LogP contribution in [0.4, 0.5) is 0 Å². The highest BCUT2D eigenvalue weighted by atomic mass is 16.6. The molecule has 1 aliphatic rings. The van der Waals surface area contributed by atoms with Crippen LogP contribution in [0.3, 0.4) is 0 Å². The van der Waals surface area contributed by atoms with Gasteiger partial charge in [-0.3, -0.25) is 0 Å². The van der Waals surface area contributed by atoms with Gasteiger partial charge in [0, 0.05) is 18.1 Å². The van der Waals surface area contributed by atoms with Crippen LogP contribution in [0.25, 0.3) is 0 Å². The van der Waals surface area contributed by atoms with Crippen molar-refractivity contribution in [2.45, 2.75) is 18.6 Å². The van der Waals surface area contributed by atoms with Gasteiger partial charge in [-0.1, -0.05) is 12.1 Å². The van der Waals surface area contributed by atoms with Crippen LogP contribution in [-0.2, 0) is 11.2 Å². The second-order valence-corrected chi connectivity index (χ2v) is 4.86. The molecule has 0 radical (unpaired) electrons. The number of benzene rings is 2. The lowest BCUT2D eigenvalue weighted by molar-refractivity contribution is 0.365. The Morgan fingerprint density at radius 1 is 0.900 bits per heavy atom. The summed E-state index contributed by atoms with van der Waals surface area (Å²) in [5.74, 6) is -0.483. The minimum absolute atomic E-state index is 0.0977. The summed E-state index contributed by atoms with van der Waals surface area (Å²) in [6, 6.07) is 9.23. The number of hydrogen-bond donors (Lipinski definition) is 4. The van der Waals surface area contributed by atoms with E-state index in [0.717, 1.165) is 11.6 Å². The van der Waals surface area contributed by atoms with Crippen LogP contribution in [-0.4, -0.2) is 26.5 Å². The van der Waals surface area contributed by atoms with Gasteiger partial charge in [0.05, 0.1) is 6.10 Å². The van der Waals surface area contributed by atoms with Crippen LogP contribution in [0.2, 0.25) is 0 Å². The third-order valence-electron chi connectivity index (χ3n) is 3.38. The summed E-state index contributed by atoms with van der Waals surface area (Å²) < 4.78 is 5.53. The Kier molecular flexibility index (Phi) is 2.91. The van der Waals surface area contributed by atoms with Gasteiger partial charge in [0.1, 0.15) is 17.6 Å². The average molecular weight is 274 g/mol. The molecule has 1 saturated heterocycles. The monoisotopic (exact) mass is 274 g/mol. The largest absolute Gasteiger partial charge is 0.508 e. The Labute approximate surface area is 115 Å². The highest BCUT2D eigenvalue weighted by Gasteiger charge is 2.40. The Morgan fingerprint density at radius 3 is 2.30 bits per heavy atom. The first-order valence-corrected chi connectivity index (χ1v) is 6.23. The van der Waals surface area contributed by atoms with Crippen molar-refractivity contribution in [1.29, 1.82) is 0 Å². The maximum Gasteiger partial charge on any atom is 0.161 e. The lowest BCUT2D eigenvalue weighted by Gasteiger charge is -2.05. The number of hydrogen-bond acceptors (Lipinski definition) is 5. The lowest BCUT2D eigenvalue weighted by Crippen LogP contribution is -1.96. The van der Waals surface area contributed by atoms with E-state index in [1.54, 1.807) is 24.3 Å². The van der Waals surface area contributed by atoms with E-state index in [-0.39, 0.29) is 35.2 Å². The molecule has 0 aliphatic carbocycles. The van der Waals surface area contributed by atoms with Crippen LogP contribution in [0, 0.1) is 0 Å². The predicted molar refractivity (Wildman–Crippen MR) is 70.9 cm³/mol. The first kappa shape index (κ1) is 12.6. The summed E-state index contributed by atoms with van der Waals surface area (Å²) in [5, 5.41) is 37.8. The van der Waals surface area contributed by atoms with Crippen molar-refractivity contribution in [3.05, 3.63) is 47.5 Å². The van der Waals surface area contributed by atoms with Gasteiger partial charge >= 0.3 is 0 Å². The van der Waals surface area contributed by atoms with E-state index in [2.05, 4.69) is 0 Å². The Balaban J connectivity index is 1.73. The number of phenolic OH excluding ortho intramolecular Hbond substituents is 4. The van der Waals surface area contributed by atoms with E-state index in [0.29, 0.717) is 12.0 Å². The molecule has 0 spiro atoms. The topological polar surface area (TPSA) is 93.5 Å². The second-order valence-electron chi connectivity index (χ2n) is 4.86. The highest BCUT2D eigenvalue weighted by molar-refractivity contribution is 5.50. The van der Waals surface area contributed by atoms with E-state index in [1.165, 1.54) is 6.07 Å². The van der Waals surface area contributed by atoms with Crippen molar-refractivity contribution in [3.8, 4) is 23.0 Å². The summed E-state index contributed by atoms with van der Waals surface area (Å²) in [6.45, 7) is 0. The molecule has 104 valence electrons. The van der Waals surface area contributed by atoms with Crippen molar-refractivity contribution in [1.82, 2.24) is 0 Å². The van der Waals surface area contributed by atoms with Crippen LogP contribution in [0.1, 0.15) is 17.2 Å². The second kappa shape index (κ2) is 4.61. The molecule has 2 aromatic rings. The fraction of sp³-hybridized carbons (Fsp3) is 0.200. The fourth-order valence-electron chi connectivity index (χ4n) is 2.29. The van der Waals surface area contributed by atoms with Crippen LogP contribution >= 0.6 is 0 Å². The van der Waals surface area contributed by atoms with Gasteiger partial charge in [0.25, 0.3) is 0 Å². The molecule has 0 bridgehead atoms. The molecule has 1 fully saturated rings. The zero-order chi connectivity index (χ0) is 14.3. The van der Waals surface area contributed by atoms with Gasteiger partial charge in [-0.25, -0.2) is 0 Å². The number of rotatable bonds is 3. The third kappa shape index (κ3) is 2.35. The number of phenols is 4. The Morgan fingerprint density at radius 2 is 1.60 bits per heavy atom. The zero-order valence-electron chi connectivity index (χ0n) is 10.5. The molecule has 2 atom stereocenters. The van der Waals surface area contributed by atoms with Gasteiger partial charge in [-0.15, -0.1) is 0 Å². The van der Waals surface area contributed by atoms with Crippen molar-refractivity contribution in [2.75, 3.05) is 0 Å². The van der Waals surface area contributed by atoms with Gasteiger partial charge in [0.2, 0.25) is 0 Å². The first-order valence-electron chi connectivity index (χ1n) is 6.23. The summed E-state index contributed by atoms with van der Waals surface area (Å²) in [7, 11) is 0. The molecular weight excluding hydrogens is 260 g/mol. The summed E-state index contributed by atoms with van der Waals surface area (Å²) >= 11 is 0. The lowest BCUT2D eigenvalue weighted by atomic mass is 10.0. The molecule has 0 unspecified atom stereocenters. The molecule has 0 aromatic heterocycles. The highest BCUT2D eigenvalue weighted by Crippen LogP contribution is 2.43. The van der Waals surface area contributed by atoms with Crippen molar-refractivity contribution in [3.63, 3.8) is 0 Å². The average Bonchev–Trinajstić information content (AvgIpc) is 3.15. The van der Waals surface area contributed by atoms with Gasteiger partial charge in [0.15, 0.2) is 11.5 Å². The molecular formula is C15H14O5. The maximum atomic E-state index is 9.74. The van der Waals surface area contributed by atoms with Crippen molar-refractivity contribution in [2.24, 2.45) is 0 Å². The molecule has 1 aliphatic heterocycles. The quantitative estimate of drug-likeness (QED) is 0.391. The SMILES string of the molecule is Oc1ccc([C@H]2O[C@@H]2Cc2cc(O)cc(O)c2O)cc1. The summed E-state index contributed by atoms with van der Waals surface area (Å²) in [6.07, 6.45) is 0.172. The molecule has 5 nitrogen and oxygen atoms in total. The molecule has 1 heterocycles. The van der Waals surface area contributed by atoms with E-state index in [4.69, 9.17) is 4.74 Å². The number of aromatic hydroxyl groups is 4. The molecule has 20 heavy (non-hydrogen) atoms. The van der Waals surface area contributed by atoms with Crippen LogP contribution in [0.15, 0.2) is 36.4 Å². The van der Waals surface area contributed by atoms with E-state index in [1.807, 2.05) is 0 Å². The van der Waals surface area contributed by atoms with Gasteiger partial charge in [-0.05, 0) is 23.8 Å².